The van der Waals surface area contributed by atoms with Crippen LogP contribution in [0.5, 0.6) is 5.75 Å². The van der Waals surface area contributed by atoms with Gasteiger partial charge in [0.15, 0.2) is 10.9 Å². The third kappa shape index (κ3) is 6.77. The first kappa shape index (κ1) is 39.7. The van der Waals surface area contributed by atoms with Crippen molar-refractivity contribution in [1.82, 2.24) is 20.1 Å². The number of aromatic nitrogens is 3. The molecule has 3 aliphatic rings. The number of carbonyl (C=O) groups is 3. The number of benzene rings is 4. The van der Waals surface area contributed by atoms with E-state index in [1.54, 1.807) is 36.0 Å². The van der Waals surface area contributed by atoms with E-state index in [0.717, 1.165) is 17.0 Å². The van der Waals surface area contributed by atoms with Gasteiger partial charge in [0.05, 0.1) is 40.6 Å². The summed E-state index contributed by atoms with van der Waals surface area (Å²) in [6, 6.07) is 16.7. The number of ketones is 1. The van der Waals surface area contributed by atoms with Gasteiger partial charge in [-0.2, -0.15) is 23.5 Å². The number of Topliss-reactive ketones (excluding diaryl/α,β-unsaturated/α-hetero) is 1. The topological polar surface area (TPSA) is 158 Å². The van der Waals surface area contributed by atoms with Gasteiger partial charge in [-0.25, -0.2) is 18.6 Å². The number of nitriles is 1. The van der Waals surface area contributed by atoms with Crippen molar-refractivity contribution in [3.8, 4) is 11.8 Å². The van der Waals surface area contributed by atoms with Gasteiger partial charge in [-0.05, 0) is 86.2 Å². The van der Waals surface area contributed by atoms with Gasteiger partial charge < -0.3 is 20.3 Å². The minimum Gasteiger partial charge on any atom is -0.410 e. The number of anilines is 3. The molecule has 4 aromatic carbocycles. The summed E-state index contributed by atoms with van der Waals surface area (Å²) in [7, 11) is 1.73. The molecule has 0 bridgehead atoms. The lowest BCUT2D eigenvalue weighted by molar-refractivity contribution is -0.137. The van der Waals surface area contributed by atoms with Crippen LogP contribution in [0, 0.1) is 23.0 Å². The Bertz CT molecular complexity index is 2730. The number of nitrogens with one attached hydrogen (secondary N) is 2. The summed E-state index contributed by atoms with van der Waals surface area (Å²) in [5.74, 6) is -2.17. The Morgan fingerprint density at radius 3 is 2.45 bits per heavy atom. The average Bonchev–Trinajstić information content (AvgIpc) is 3.70. The van der Waals surface area contributed by atoms with Crippen LogP contribution in [0.2, 0.25) is 0 Å². The highest BCUT2D eigenvalue weighted by Crippen LogP contribution is 2.45. The van der Waals surface area contributed by atoms with Crippen LogP contribution in [0.1, 0.15) is 69.8 Å². The van der Waals surface area contributed by atoms with E-state index in [-0.39, 0.29) is 52.2 Å². The molecule has 3 aliphatic heterocycles. The van der Waals surface area contributed by atoms with Gasteiger partial charge in [0.25, 0.3) is 5.91 Å². The molecule has 0 spiro atoms. The second-order valence-corrected chi connectivity index (χ2v) is 15.0. The molecule has 0 aliphatic carbocycles. The first-order chi connectivity index (χ1) is 28.5. The van der Waals surface area contributed by atoms with Gasteiger partial charge in [0.2, 0.25) is 0 Å². The van der Waals surface area contributed by atoms with Gasteiger partial charge in [0.1, 0.15) is 41.6 Å². The van der Waals surface area contributed by atoms with Crippen LogP contribution in [0.25, 0.3) is 0 Å². The smallest absolute Gasteiger partial charge is 0.410 e. The summed E-state index contributed by atoms with van der Waals surface area (Å²) < 4.78 is 78.5. The normalized spacial score (nSPS) is 18.1. The third-order valence-corrected chi connectivity index (χ3v) is 10.9. The summed E-state index contributed by atoms with van der Waals surface area (Å²) >= 11 is 5.54. The Hall–Kier alpha value is -7.07. The molecule has 304 valence electrons. The molecule has 1 fully saturated rings. The van der Waals surface area contributed by atoms with Crippen molar-refractivity contribution in [2.24, 2.45) is 12.0 Å². The maximum absolute atomic E-state index is 15.6. The fourth-order valence-corrected chi connectivity index (χ4v) is 8.19. The molecular formula is C41H30F5N9O4S. The predicted molar refractivity (Wildman–Crippen MR) is 211 cm³/mol. The number of hydrogen-bond donors (Lipinski definition) is 2. The zero-order valence-electron chi connectivity index (χ0n) is 31.6. The first-order valence-corrected chi connectivity index (χ1v) is 18.5. The number of alkyl halides is 3. The van der Waals surface area contributed by atoms with Gasteiger partial charge in [-0.15, -0.1) is 0 Å². The number of amides is 2. The summed E-state index contributed by atoms with van der Waals surface area (Å²) in [5, 5.41) is 19.0. The fraction of sp³-hybridized carbons (Fsp3) is 0.220. The van der Waals surface area contributed by atoms with Gasteiger partial charge in [-0.1, -0.05) is 18.2 Å². The number of aliphatic imine (C=N–C) groups is 1. The predicted octanol–water partition coefficient (Wildman–Crippen LogP) is 7.13. The number of nitrogens with zero attached hydrogens (tertiary/aromatic N) is 7. The number of rotatable bonds is 7. The number of ether oxygens (including phenoxy) is 1. The average molecular weight is 840 g/mol. The van der Waals surface area contributed by atoms with Crippen LogP contribution in [0.4, 0.5) is 43.8 Å². The minimum atomic E-state index is -4.88. The molecule has 0 saturated carbocycles. The standard InChI is InChI=1S/C41H30F5N9O4S/c1-40(2)37(57)54(24-8-4-21(16-47)28(14-24)41(44,45)46)39(60)55(40)25-9-5-22(29(43)15-25)17-49-38(58)59-26-10-6-20(7-11-26)34-33(36-50-19-51-53(36)3)35-32-27(31(56)18-48-35)12-23(42)13-30(32)52-34/h4-15,19,33-34,52H,17-18H2,1-3H3,(H,49,58)/t33-,34-/m1/s1. The van der Waals surface area contributed by atoms with Crippen LogP contribution in [0.15, 0.2) is 84.1 Å². The highest BCUT2D eigenvalue weighted by molar-refractivity contribution is 7.81. The van der Waals surface area contributed by atoms with E-state index in [9.17, 15) is 37.2 Å². The lowest BCUT2D eigenvalue weighted by atomic mass is 9.78. The number of carbonyl (C=O) groups excluding carboxylic acids is 3. The van der Waals surface area contributed by atoms with E-state index in [0.29, 0.717) is 34.4 Å². The highest BCUT2D eigenvalue weighted by atomic mass is 32.1. The number of aryl methyl sites for hydroxylation is 1. The fourth-order valence-electron chi connectivity index (χ4n) is 7.67. The zero-order chi connectivity index (χ0) is 42.8. The Labute approximate surface area is 343 Å². The van der Waals surface area contributed by atoms with E-state index < -0.39 is 58.4 Å². The molecule has 2 atom stereocenters. The van der Waals surface area contributed by atoms with Crippen molar-refractivity contribution in [2.75, 3.05) is 21.7 Å². The Morgan fingerprint density at radius 2 is 1.78 bits per heavy atom. The van der Waals surface area contributed by atoms with Crippen molar-refractivity contribution >= 4 is 57.9 Å². The Balaban J connectivity index is 0.959. The van der Waals surface area contributed by atoms with Gasteiger partial charge in [0, 0.05) is 41.7 Å². The Morgan fingerprint density at radius 1 is 1.05 bits per heavy atom. The van der Waals surface area contributed by atoms with E-state index in [4.69, 9.17) is 17.0 Å². The molecule has 13 nitrogen and oxygen atoms in total. The van der Waals surface area contributed by atoms with E-state index >= 15 is 4.39 Å². The van der Waals surface area contributed by atoms with Crippen molar-refractivity contribution < 1.29 is 41.1 Å². The molecule has 19 heteroatoms. The van der Waals surface area contributed by atoms with Crippen molar-refractivity contribution in [3.05, 3.63) is 130 Å². The number of hydrogen-bond acceptors (Lipinski definition) is 10. The van der Waals surface area contributed by atoms with Crippen LogP contribution in [-0.4, -0.2) is 55.5 Å². The number of halogens is 5. The minimum absolute atomic E-state index is 0.0458. The molecule has 60 heavy (non-hydrogen) atoms. The Kier molecular flexibility index (Phi) is 9.70. The maximum Gasteiger partial charge on any atom is 0.417 e. The summed E-state index contributed by atoms with van der Waals surface area (Å²) in [6.45, 7) is 2.51. The lowest BCUT2D eigenvalue weighted by Crippen LogP contribution is -2.44. The summed E-state index contributed by atoms with van der Waals surface area (Å²) in [4.78, 5) is 50.4. The highest BCUT2D eigenvalue weighted by Gasteiger charge is 2.51. The second kappa shape index (κ2) is 14.6. The van der Waals surface area contributed by atoms with Crippen molar-refractivity contribution in [2.45, 2.75) is 44.1 Å². The molecule has 0 radical (unpaired) electrons. The van der Waals surface area contributed by atoms with Gasteiger partial charge in [-0.3, -0.25) is 24.2 Å². The summed E-state index contributed by atoms with van der Waals surface area (Å²) in [6.07, 6.45) is -4.38. The molecule has 0 unspecified atom stereocenters. The molecule has 4 heterocycles. The quantitative estimate of drug-likeness (QED) is 0.128. The largest absolute Gasteiger partial charge is 0.417 e. The van der Waals surface area contributed by atoms with Crippen LogP contribution in [-0.2, 0) is 24.6 Å². The number of thiocarbonyl (C=S) groups is 1. The molecule has 8 rings (SSSR count). The molecule has 2 amide bonds. The molecule has 1 saturated heterocycles. The maximum atomic E-state index is 15.6. The summed E-state index contributed by atoms with van der Waals surface area (Å²) in [5.41, 5.74) is -0.952. The third-order valence-electron chi connectivity index (χ3n) is 10.5. The zero-order valence-corrected chi connectivity index (χ0v) is 32.5. The van der Waals surface area contributed by atoms with E-state index in [1.165, 1.54) is 61.5 Å². The lowest BCUT2D eigenvalue weighted by Gasteiger charge is -2.37. The van der Waals surface area contributed by atoms with E-state index in [1.807, 2.05) is 0 Å². The van der Waals surface area contributed by atoms with Crippen molar-refractivity contribution in [3.63, 3.8) is 0 Å². The van der Waals surface area contributed by atoms with Crippen LogP contribution < -0.4 is 25.2 Å². The first-order valence-electron chi connectivity index (χ1n) is 18.1. The monoisotopic (exact) mass is 839 g/mol. The SMILES string of the molecule is Cn1ncnc1[C@H]1C2=NCC(=O)c3cc(F)cc(c32)N[C@@H]1c1ccc(OC(=O)NCc2ccc(N3C(=S)N(c4ccc(C#N)c(C(F)(F)F)c4)C(=O)C3(C)C)cc2F)cc1. The van der Waals surface area contributed by atoms with Gasteiger partial charge >= 0.3 is 12.3 Å². The van der Waals surface area contributed by atoms with E-state index in [2.05, 4.69) is 25.7 Å². The second-order valence-electron chi connectivity index (χ2n) is 14.6. The molecule has 1 aromatic heterocycles. The van der Waals surface area contributed by atoms with Crippen molar-refractivity contribution in [1.29, 1.82) is 5.26 Å². The molecular weight excluding hydrogens is 810 g/mol. The van der Waals surface area contributed by atoms with Crippen LogP contribution in [0.3, 0.4) is 0 Å². The molecule has 5 aromatic rings. The van der Waals surface area contributed by atoms with Crippen LogP contribution >= 0.6 is 12.2 Å². The molecule has 2 N–H and O–H groups in total.